The number of rotatable bonds is 5. The molecular formula is C16H22F3N3O. The molecule has 2 amide bonds. The molecule has 2 rings (SSSR count). The van der Waals surface area contributed by atoms with Crippen LogP contribution in [0.4, 0.5) is 23.7 Å². The summed E-state index contributed by atoms with van der Waals surface area (Å²) in [6.45, 7) is 3.75. The molecule has 0 atom stereocenters. The summed E-state index contributed by atoms with van der Waals surface area (Å²) >= 11 is 0. The number of urea groups is 1. The normalized spacial score (nSPS) is 16.1. The van der Waals surface area contributed by atoms with Crippen LogP contribution >= 0.6 is 0 Å². The molecule has 1 saturated heterocycles. The number of hydrogen-bond acceptors (Lipinski definition) is 2. The molecule has 128 valence electrons. The molecule has 1 aromatic rings. The zero-order valence-corrected chi connectivity index (χ0v) is 13.0. The molecule has 1 aliphatic heterocycles. The van der Waals surface area contributed by atoms with E-state index in [1.165, 1.54) is 31.4 Å². The van der Waals surface area contributed by atoms with E-state index < -0.39 is 17.8 Å². The van der Waals surface area contributed by atoms with E-state index in [-0.39, 0.29) is 0 Å². The molecule has 0 saturated carbocycles. The lowest BCUT2D eigenvalue weighted by Crippen LogP contribution is -2.34. The fraction of sp³-hybridized carbons (Fsp3) is 0.562. The zero-order valence-electron chi connectivity index (χ0n) is 13.0. The Morgan fingerprint density at radius 2 is 1.74 bits per heavy atom. The molecule has 0 spiro atoms. The van der Waals surface area contributed by atoms with Crippen molar-refractivity contribution < 1.29 is 18.0 Å². The highest BCUT2D eigenvalue weighted by atomic mass is 19.4. The quantitative estimate of drug-likeness (QED) is 0.809. The van der Waals surface area contributed by atoms with Gasteiger partial charge in [0.15, 0.2) is 0 Å². The van der Waals surface area contributed by atoms with Crippen LogP contribution in [0.25, 0.3) is 0 Å². The van der Waals surface area contributed by atoms with Crippen molar-refractivity contribution in [2.75, 3.05) is 31.5 Å². The maximum Gasteiger partial charge on any atom is 0.416 e. The van der Waals surface area contributed by atoms with Crippen molar-refractivity contribution in [1.82, 2.24) is 10.2 Å². The summed E-state index contributed by atoms with van der Waals surface area (Å²) in [4.78, 5) is 14.1. The van der Waals surface area contributed by atoms with Crippen molar-refractivity contribution in [1.29, 1.82) is 0 Å². The van der Waals surface area contributed by atoms with E-state index in [0.29, 0.717) is 12.2 Å². The van der Waals surface area contributed by atoms with Gasteiger partial charge >= 0.3 is 12.2 Å². The van der Waals surface area contributed by atoms with Crippen molar-refractivity contribution in [2.45, 2.75) is 31.9 Å². The van der Waals surface area contributed by atoms with Crippen LogP contribution in [0, 0.1) is 0 Å². The van der Waals surface area contributed by atoms with Gasteiger partial charge in [0.25, 0.3) is 0 Å². The van der Waals surface area contributed by atoms with E-state index >= 15 is 0 Å². The minimum absolute atomic E-state index is 0.339. The first-order valence-electron chi connectivity index (χ1n) is 7.89. The average Bonchev–Trinajstić information content (AvgIpc) is 2.52. The van der Waals surface area contributed by atoms with E-state index in [1.54, 1.807) is 0 Å². The number of hydrogen-bond donors (Lipinski definition) is 2. The smallest absolute Gasteiger partial charge is 0.338 e. The third-order valence-electron chi connectivity index (χ3n) is 3.86. The van der Waals surface area contributed by atoms with Gasteiger partial charge in [0, 0.05) is 12.2 Å². The molecule has 7 heteroatoms. The Labute approximate surface area is 134 Å². The lowest BCUT2D eigenvalue weighted by atomic mass is 10.1. The third-order valence-corrected chi connectivity index (χ3v) is 3.86. The second kappa shape index (κ2) is 8.19. The molecule has 0 aliphatic carbocycles. The molecule has 1 aliphatic rings. The van der Waals surface area contributed by atoms with Crippen molar-refractivity contribution in [3.05, 3.63) is 29.8 Å². The average molecular weight is 329 g/mol. The Balaban J connectivity index is 1.66. The lowest BCUT2D eigenvalue weighted by Gasteiger charge is -2.26. The van der Waals surface area contributed by atoms with Gasteiger partial charge in [0.05, 0.1) is 5.56 Å². The predicted octanol–water partition coefficient (Wildman–Crippen LogP) is 3.70. The predicted molar refractivity (Wildman–Crippen MR) is 83.4 cm³/mol. The molecule has 0 radical (unpaired) electrons. The number of carbonyl (C=O) groups excluding carboxylic acids is 1. The minimum atomic E-state index is -4.37. The summed E-state index contributed by atoms with van der Waals surface area (Å²) in [7, 11) is 0. The molecule has 0 aromatic heterocycles. The van der Waals surface area contributed by atoms with E-state index in [1.807, 2.05) is 0 Å². The highest BCUT2D eigenvalue weighted by molar-refractivity contribution is 5.89. The number of alkyl halides is 3. The third kappa shape index (κ3) is 6.09. The first-order chi connectivity index (χ1) is 10.9. The Morgan fingerprint density at radius 1 is 1.09 bits per heavy atom. The number of nitrogens with one attached hydrogen (secondary N) is 2. The van der Waals surface area contributed by atoms with Crippen LogP contribution in [0.5, 0.6) is 0 Å². The summed E-state index contributed by atoms with van der Waals surface area (Å²) in [5.41, 5.74) is -0.392. The summed E-state index contributed by atoms with van der Waals surface area (Å²) < 4.78 is 37.3. The summed E-state index contributed by atoms with van der Waals surface area (Å²) in [6, 6.07) is 3.99. The van der Waals surface area contributed by atoms with E-state index in [0.717, 1.165) is 38.2 Å². The first kappa shape index (κ1) is 17.6. The molecule has 1 fully saturated rings. The SMILES string of the molecule is O=C(NCCCN1CCCCC1)Nc1ccc(C(F)(F)F)cc1. The summed E-state index contributed by atoms with van der Waals surface area (Å²) in [6.07, 6.45) is 0.267. The van der Waals surface area contributed by atoms with E-state index in [2.05, 4.69) is 15.5 Å². The van der Waals surface area contributed by atoms with Gasteiger partial charge in [0.1, 0.15) is 0 Å². The molecule has 0 bridgehead atoms. The topological polar surface area (TPSA) is 44.4 Å². The fourth-order valence-electron chi connectivity index (χ4n) is 2.61. The Kier molecular flexibility index (Phi) is 6.27. The fourth-order valence-corrected chi connectivity index (χ4v) is 2.61. The summed E-state index contributed by atoms with van der Waals surface area (Å²) in [5.74, 6) is 0. The Bertz CT molecular complexity index is 496. The van der Waals surface area contributed by atoms with Gasteiger partial charge in [-0.2, -0.15) is 13.2 Å². The molecule has 1 heterocycles. The molecular weight excluding hydrogens is 307 g/mol. The number of piperidine rings is 1. The Morgan fingerprint density at radius 3 is 2.35 bits per heavy atom. The van der Waals surface area contributed by atoms with Crippen LogP contribution < -0.4 is 10.6 Å². The van der Waals surface area contributed by atoms with Crippen molar-refractivity contribution in [3.8, 4) is 0 Å². The zero-order chi connectivity index (χ0) is 16.7. The van der Waals surface area contributed by atoms with Crippen LogP contribution in [0.15, 0.2) is 24.3 Å². The van der Waals surface area contributed by atoms with Crippen molar-refractivity contribution in [2.24, 2.45) is 0 Å². The number of benzene rings is 1. The molecule has 4 nitrogen and oxygen atoms in total. The van der Waals surface area contributed by atoms with Crippen molar-refractivity contribution >= 4 is 11.7 Å². The lowest BCUT2D eigenvalue weighted by molar-refractivity contribution is -0.137. The number of amides is 2. The van der Waals surface area contributed by atoms with Gasteiger partial charge in [-0.3, -0.25) is 0 Å². The number of carbonyl (C=O) groups is 1. The Hall–Kier alpha value is -1.76. The highest BCUT2D eigenvalue weighted by Gasteiger charge is 2.29. The van der Waals surface area contributed by atoms with Gasteiger partial charge in [-0.05, 0) is 63.2 Å². The molecule has 23 heavy (non-hydrogen) atoms. The minimum Gasteiger partial charge on any atom is -0.338 e. The second-order valence-corrected chi connectivity index (χ2v) is 5.71. The van der Waals surface area contributed by atoms with Crippen LogP contribution in [0.3, 0.4) is 0 Å². The molecule has 0 unspecified atom stereocenters. The van der Waals surface area contributed by atoms with Crippen molar-refractivity contribution in [3.63, 3.8) is 0 Å². The monoisotopic (exact) mass is 329 g/mol. The van der Waals surface area contributed by atoms with Crippen LogP contribution in [-0.2, 0) is 6.18 Å². The number of anilines is 1. The van der Waals surface area contributed by atoms with Crippen LogP contribution in [-0.4, -0.2) is 37.1 Å². The molecule has 2 N–H and O–H groups in total. The standard InChI is InChI=1S/C16H22F3N3O/c17-16(18,19)13-5-7-14(8-6-13)21-15(23)20-9-4-12-22-10-2-1-3-11-22/h5-8H,1-4,9-12H2,(H2,20,21,23). The first-order valence-corrected chi connectivity index (χ1v) is 7.89. The maximum absolute atomic E-state index is 12.4. The van der Waals surface area contributed by atoms with Gasteiger partial charge < -0.3 is 15.5 Å². The maximum atomic E-state index is 12.4. The molecule has 1 aromatic carbocycles. The summed E-state index contributed by atoms with van der Waals surface area (Å²) in [5, 5.41) is 5.24. The van der Waals surface area contributed by atoms with E-state index in [9.17, 15) is 18.0 Å². The van der Waals surface area contributed by atoms with E-state index in [4.69, 9.17) is 0 Å². The van der Waals surface area contributed by atoms with Gasteiger partial charge in [-0.1, -0.05) is 6.42 Å². The largest absolute Gasteiger partial charge is 0.416 e. The van der Waals surface area contributed by atoms with Gasteiger partial charge in [-0.15, -0.1) is 0 Å². The van der Waals surface area contributed by atoms with Gasteiger partial charge in [-0.25, -0.2) is 4.79 Å². The number of likely N-dealkylation sites (tertiary alicyclic amines) is 1. The number of halogens is 3. The second-order valence-electron chi connectivity index (χ2n) is 5.71. The highest BCUT2D eigenvalue weighted by Crippen LogP contribution is 2.29. The van der Waals surface area contributed by atoms with Crippen LogP contribution in [0.1, 0.15) is 31.2 Å². The number of nitrogens with zero attached hydrogens (tertiary/aromatic N) is 1. The van der Waals surface area contributed by atoms with Gasteiger partial charge in [0.2, 0.25) is 0 Å². The van der Waals surface area contributed by atoms with Crippen LogP contribution in [0.2, 0.25) is 0 Å².